The maximum atomic E-state index is 13.9. The lowest BCUT2D eigenvalue weighted by molar-refractivity contribution is 0.0703. The van der Waals surface area contributed by atoms with Gasteiger partial charge in [0.05, 0.1) is 9.90 Å². The molecule has 1 amide bonds. The molecular formula is C19H16ClFN2O3S2. The standard InChI is InChI=1S/C19H16ClFN2O3S2/c20-14-4-1-2-7-18(14)28(25,26)23-10-8-22(9-11-23)19(24)17-12-13-15(21)5-3-6-16(13)27-17/h1-7,12H,8-11H2. The lowest BCUT2D eigenvalue weighted by atomic mass is 10.2. The van der Waals surface area contributed by atoms with Gasteiger partial charge in [0.1, 0.15) is 10.7 Å². The normalized spacial score (nSPS) is 15.9. The Kier molecular flexibility index (Phi) is 5.13. The van der Waals surface area contributed by atoms with Crippen molar-refractivity contribution in [1.82, 2.24) is 9.21 Å². The quantitative estimate of drug-likeness (QED) is 0.624. The van der Waals surface area contributed by atoms with Gasteiger partial charge in [0, 0.05) is 36.3 Å². The van der Waals surface area contributed by atoms with Crippen LogP contribution in [0, 0.1) is 5.82 Å². The Hall–Kier alpha value is -2.00. The number of benzene rings is 2. The molecule has 0 atom stereocenters. The van der Waals surface area contributed by atoms with Crippen LogP contribution in [0.2, 0.25) is 5.02 Å². The Bertz CT molecular complexity index is 1150. The molecule has 1 fully saturated rings. The molecule has 1 aromatic heterocycles. The average Bonchev–Trinajstić information content (AvgIpc) is 3.13. The van der Waals surface area contributed by atoms with Crippen molar-refractivity contribution in [1.29, 1.82) is 0 Å². The number of rotatable bonds is 3. The van der Waals surface area contributed by atoms with Gasteiger partial charge in [0.2, 0.25) is 10.0 Å². The minimum Gasteiger partial charge on any atom is -0.335 e. The van der Waals surface area contributed by atoms with Gasteiger partial charge in [-0.3, -0.25) is 4.79 Å². The van der Waals surface area contributed by atoms with Crippen molar-refractivity contribution in [3.63, 3.8) is 0 Å². The fraction of sp³-hybridized carbons (Fsp3) is 0.211. The van der Waals surface area contributed by atoms with E-state index >= 15 is 0 Å². The molecule has 1 aliphatic heterocycles. The first-order chi connectivity index (χ1) is 13.4. The molecule has 1 saturated heterocycles. The van der Waals surface area contributed by atoms with Crippen LogP contribution < -0.4 is 0 Å². The van der Waals surface area contributed by atoms with E-state index in [0.29, 0.717) is 15.0 Å². The Labute approximate surface area is 171 Å². The van der Waals surface area contributed by atoms with E-state index in [-0.39, 0.29) is 47.8 Å². The summed E-state index contributed by atoms with van der Waals surface area (Å²) < 4.78 is 41.5. The fourth-order valence-electron chi connectivity index (χ4n) is 3.21. The highest BCUT2D eigenvalue weighted by Crippen LogP contribution is 2.29. The zero-order valence-electron chi connectivity index (χ0n) is 14.6. The largest absolute Gasteiger partial charge is 0.335 e. The SMILES string of the molecule is O=C(c1cc2c(F)cccc2s1)N1CCN(S(=O)(=O)c2ccccc2Cl)CC1. The highest BCUT2D eigenvalue weighted by molar-refractivity contribution is 7.89. The average molecular weight is 439 g/mol. The Morgan fingerprint density at radius 1 is 1.04 bits per heavy atom. The number of hydrogen-bond donors (Lipinski definition) is 0. The second-order valence-corrected chi connectivity index (χ2v) is 9.79. The predicted octanol–water partition coefficient (Wildman–Crippen LogP) is 3.84. The molecule has 2 aromatic carbocycles. The molecule has 0 N–H and O–H groups in total. The van der Waals surface area contributed by atoms with E-state index < -0.39 is 10.0 Å². The number of halogens is 2. The summed E-state index contributed by atoms with van der Waals surface area (Å²) >= 11 is 7.28. The topological polar surface area (TPSA) is 57.7 Å². The lowest BCUT2D eigenvalue weighted by Gasteiger charge is -2.33. The van der Waals surface area contributed by atoms with Crippen LogP contribution in [-0.4, -0.2) is 49.7 Å². The van der Waals surface area contributed by atoms with Gasteiger partial charge >= 0.3 is 0 Å². The van der Waals surface area contributed by atoms with Crippen LogP contribution in [0.3, 0.4) is 0 Å². The van der Waals surface area contributed by atoms with Crippen molar-refractivity contribution in [3.05, 3.63) is 64.2 Å². The third-order valence-corrected chi connectivity index (χ3v) is 8.19. The van der Waals surface area contributed by atoms with Gasteiger partial charge in [-0.2, -0.15) is 4.31 Å². The van der Waals surface area contributed by atoms with Crippen LogP contribution >= 0.6 is 22.9 Å². The molecule has 146 valence electrons. The summed E-state index contributed by atoms with van der Waals surface area (Å²) in [7, 11) is -3.72. The molecule has 0 saturated carbocycles. The highest BCUT2D eigenvalue weighted by Gasteiger charge is 2.32. The Balaban J connectivity index is 1.50. The van der Waals surface area contributed by atoms with E-state index in [0.717, 1.165) is 0 Å². The van der Waals surface area contributed by atoms with Crippen LogP contribution in [0.5, 0.6) is 0 Å². The van der Waals surface area contributed by atoms with Crippen LogP contribution in [0.25, 0.3) is 10.1 Å². The smallest absolute Gasteiger partial charge is 0.264 e. The molecule has 5 nitrogen and oxygen atoms in total. The summed E-state index contributed by atoms with van der Waals surface area (Å²) in [4.78, 5) is 14.9. The third-order valence-electron chi connectivity index (χ3n) is 4.70. The zero-order chi connectivity index (χ0) is 19.9. The van der Waals surface area contributed by atoms with Crippen molar-refractivity contribution >= 4 is 49.0 Å². The second kappa shape index (κ2) is 7.44. The van der Waals surface area contributed by atoms with E-state index in [4.69, 9.17) is 11.6 Å². The van der Waals surface area contributed by atoms with E-state index in [1.165, 1.54) is 33.8 Å². The molecule has 0 radical (unpaired) electrons. The minimum absolute atomic E-state index is 0.0661. The monoisotopic (exact) mass is 438 g/mol. The number of hydrogen-bond acceptors (Lipinski definition) is 4. The van der Waals surface area contributed by atoms with E-state index in [1.807, 2.05) is 0 Å². The first-order valence-corrected chi connectivity index (χ1v) is 11.2. The Morgan fingerprint density at radius 2 is 1.75 bits per heavy atom. The molecular weight excluding hydrogens is 423 g/mol. The van der Waals surface area contributed by atoms with Gasteiger partial charge in [-0.1, -0.05) is 29.8 Å². The summed E-state index contributed by atoms with van der Waals surface area (Å²) in [6.45, 7) is 0.885. The van der Waals surface area contributed by atoms with Gasteiger partial charge in [-0.05, 0) is 30.3 Å². The van der Waals surface area contributed by atoms with Crippen LogP contribution in [0.1, 0.15) is 9.67 Å². The van der Waals surface area contributed by atoms with Gasteiger partial charge < -0.3 is 4.90 Å². The van der Waals surface area contributed by atoms with E-state index in [2.05, 4.69) is 0 Å². The summed E-state index contributed by atoms with van der Waals surface area (Å²) in [5.41, 5.74) is 0. The van der Waals surface area contributed by atoms with Crippen LogP contribution in [0.4, 0.5) is 4.39 Å². The number of amides is 1. The maximum absolute atomic E-state index is 13.9. The van der Waals surface area contributed by atoms with Gasteiger partial charge in [0.25, 0.3) is 5.91 Å². The predicted molar refractivity (Wildman–Crippen MR) is 108 cm³/mol. The van der Waals surface area contributed by atoms with Crippen molar-refractivity contribution < 1.29 is 17.6 Å². The molecule has 3 aromatic rings. The van der Waals surface area contributed by atoms with Crippen molar-refractivity contribution in [2.45, 2.75) is 4.90 Å². The summed E-state index contributed by atoms with van der Waals surface area (Å²) in [6, 6.07) is 12.6. The fourth-order valence-corrected chi connectivity index (χ4v) is 6.17. The van der Waals surface area contributed by atoms with Gasteiger partial charge in [-0.25, -0.2) is 12.8 Å². The zero-order valence-corrected chi connectivity index (χ0v) is 17.0. The van der Waals surface area contributed by atoms with E-state index in [1.54, 1.807) is 35.2 Å². The number of piperazine rings is 1. The van der Waals surface area contributed by atoms with Crippen LogP contribution in [0.15, 0.2) is 53.4 Å². The molecule has 0 bridgehead atoms. The molecule has 0 spiro atoms. The van der Waals surface area contributed by atoms with Crippen molar-refractivity contribution in [3.8, 4) is 0 Å². The summed E-state index contributed by atoms with van der Waals surface area (Å²) in [5.74, 6) is -0.571. The van der Waals surface area contributed by atoms with Gasteiger partial charge in [0.15, 0.2) is 0 Å². The number of fused-ring (bicyclic) bond motifs is 1. The summed E-state index contributed by atoms with van der Waals surface area (Å²) in [6.07, 6.45) is 0. The van der Waals surface area contributed by atoms with Crippen LogP contribution in [-0.2, 0) is 10.0 Å². The van der Waals surface area contributed by atoms with Crippen molar-refractivity contribution in [2.75, 3.05) is 26.2 Å². The first kappa shape index (κ1) is 19.3. The first-order valence-electron chi connectivity index (χ1n) is 8.60. The highest BCUT2D eigenvalue weighted by atomic mass is 35.5. The number of nitrogens with zero attached hydrogens (tertiary/aromatic N) is 2. The Morgan fingerprint density at radius 3 is 2.43 bits per heavy atom. The van der Waals surface area contributed by atoms with E-state index in [9.17, 15) is 17.6 Å². The van der Waals surface area contributed by atoms with Gasteiger partial charge in [-0.15, -0.1) is 11.3 Å². The number of carbonyl (C=O) groups is 1. The lowest BCUT2D eigenvalue weighted by Crippen LogP contribution is -2.50. The molecule has 0 unspecified atom stereocenters. The number of carbonyl (C=O) groups excluding carboxylic acids is 1. The summed E-state index contributed by atoms with van der Waals surface area (Å²) in [5, 5.41) is 0.601. The minimum atomic E-state index is -3.72. The third kappa shape index (κ3) is 3.41. The molecule has 4 rings (SSSR count). The molecule has 1 aliphatic rings. The number of sulfonamides is 1. The maximum Gasteiger partial charge on any atom is 0.264 e. The molecule has 9 heteroatoms. The number of thiophene rings is 1. The molecule has 2 heterocycles. The van der Waals surface area contributed by atoms with Crippen molar-refractivity contribution in [2.24, 2.45) is 0 Å². The molecule has 28 heavy (non-hydrogen) atoms. The molecule has 0 aliphatic carbocycles. The second-order valence-electron chi connectivity index (χ2n) is 6.39.